The summed E-state index contributed by atoms with van der Waals surface area (Å²) in [6, 6.07) is 8.91. The van der Waals surface area contributed by atoms with Gasteiger partial charge >= 0.3 is 20.3 Å². The predicted octanol–water partition coefficient (Wildman–Crippen LogP) is 2.07. The Hall–Kier alpha value is -2.79. The Labute approximate surface area is 162 Å². The van der Waals surface area contributed by atoms with Crippen LogP contribution in [0.15, 0.2) is 48.5 Å². The minimum absolute atomic E-state index is 0.145. The monoisotopic (exact) mass is 428 g/mol. The Morgan fingerprint density at radius 3 is 2.50 bits per heavy atom. The maximum atomic E-state index is 14.5. The average Bonchev–Trinajstić information content (AvgIpc) is 2.81. The van der Waals surface area contributed by atoms with Gasteiger partial charge in [0.1, 0.15) is 11.6 Å². The molecule has 2 aromatic carbocycles. The van der Waals surface area contributed by atoms with Crippen LogP contribution in [0, 0.1) is 12.7 Å². The lowest BCUT2D eigenvalue weighted by atomic mass is 10.0. The normalized spacial score (nSPS) is 15.8. The van der Waals surface area contributed by atoms with Crippen LogP contribution in [0.25, 0.3) is 0 Å². The van der Waals surface area contributed by atoms with Crippen LogP contribution in [-0.2, 0) is 26.7 Å². The molecule has 0 aromatic heterocycles. The van der Waals surface area contributed by atoms with E-state index in [1.807, 2.05) is 4.72 Å². The minimum Gasteiger partial charge on any atom is -0.493 e. The van der Waals surface area contributed by atoms with E-state index in [0.717, 1.165) is 24.1 Å². The highest BCUT2D eigenvalue weighted by atomic mass is 32.2. The molecule has 2 N–H and O–H groups in total. The lowest BCUT2D eigenvalue weighted by Crippen LogP contribution is -2.30. The van der Waals surface area contributed by atoms with E-state index >= 15 is 0 Å². The zero-order valence-corrected chi connectivity index (χ0v) is 16.5. The van der Waals surface area contributed by atoms with Crippen LogP contribution in [0.1, 0.15) is 16.7 Å². The summed E-state index contributed by atoms with van der Waals surface area (Å²) in [6.45, 7) is 1.78. The van der Waals surface area contributed by atoms with E-state index < -0.39 is 32.0 Å². The molecule has 0 unspecified atom stereocenters. The molecule has 1 heterocycles. The quantitative estimate of drug-likeness (QED) is 0.705. The van der Waals surface area contributed by atoms with Crippen molar-refractivity contribution < 1.29 is 30.5 Å². The highest BCUT2D eigenvalue weighted by molar-refractivity contribution is 7.91. The first kappa shape index (κ1) is 20.0. The number of halogens is 1. The molecule has 0 atom stereocenters. The summed E-state index contributed by atoms with van der Waals surface area (Å²) in [5, 5.41) is 9.33. The molecular formula is C17H17FN2O6S2. The fraction of sp³-hybridized carbons (Fsp3) is 0.176. The van der Waals surface area contributed by atoms with Gasteiger partial charge in [-0.05, 0) is 36.2 Å². The maximum Gasteiger partial charge on any atom is 0.330 e. The van der Waals surface area contributed by atoms with Gasteiger partial charge in [0.05, 0.1) is 18.1 Å². The number of aliphatic hydroxyl groups is 1. The smallest absolute Gasteiger partial charge is 0.330 e. The number of hydrogen-bond donors (Lipinski definition) is 2. The summed E-state index contributed by atoms with van der Waals surface area (Å²) in [5.74, 6) is -1.30. The summed E-state index contributed by atoms with van der Waals surface area (Å²) in [6.07, 6.45) is 1.95. The van der Waals surface area contributed by atoms with E-state index in [4.69, 9.17) is 4.18 Å². The predicted molar refractivity (Wildman–Crippen MR) is 101 cm³/mol. The fourth-order valence-electron chi connectivity index (χ4n) is 2.69. The fourth-order valence-corrected chi connectivity index (χ4v) is 4.24. The summed E-state index contributed by atoms with van der Waals surface area (Å²) in [7, 11) is -7.84. The number of aryl methyl sites for hydroxylation is 1. The number of benzene rings is 2. The lowest BCUT2D eigenvalue weighted by Gasteiger charge is -2.16. The molecule has 0 fully saturated rings. The number of rotatable bonds is 5. The van der Waals surface area contributed by atoms with E-state index in [9.17, 15) is 26.3 Å². The first-order valence-corrected chi connectivity index (χ1v) is 11.2. The number of hydrogen-bond acceptors (Lipinski definition) is 6. The van der Waals surface area contributed by atoms with Crippen LogP contribution >= 0.6 is 0 Å². The van der Waals surface area contributed by atoms with Crippen molar-refractivity contribution in [1.29, 1.82) is 0 Å². The second-order valence-corrected chi connectivity index (χ2v) is 9.40. The SMILES string of the molecule is Cc1ccc(Cc2ccc(N3C=C(O)NS3(=O)=O)c(F)c2)c(OS(C)(=O)=O)c1. The molecule has 0 saturated carbocycles. The van der Waals surface area contributed by atoms with Crippen molar-refractivity contribution in [1.82, 2.24) is 4.72 Å². The topological polar surface area (TPSA) is 113 Å². The van der Waals surface area contributed by atoms with Crippen molar-refractivity contribution >= 4 is 26.0 Å². The summed E-state index contributed by atoms with van der Waals surface area (Å²) in [4.78, 5) is 0. The molecule has 0 saturated heterocycles. The van der Waals surface area contributed by atoms with Crippen LogP contribution in [0.3, 0.4) is 0 Å². The Morgan fingerprint density at radius 2 is 1.93 bits per heavy atom. The zero-order valence-electron chi connectivity index (χ0n) is 14.9. The van der Waals surface area contributed by atoms with E-state index in [-0.39, 0.29) is 17.9 Å². The van der Waals surface area contributed by atoms with Gasteiger partial charge in [-0.3, -0.25) is 0 Å². The van der Waals surface area contributed by atoms with Gasteiger partial charge in [-0.2, -0.15) is 16.8 Å². The summed E-state index contributed by atoms with van der Waals surface area (Å²) < 4.78 is 68.7. The third kappa shape index (κ3) is 4.37. The van der Waals surface area contributed by atoms with Crippen LogP contribution < -0.4 is 13.2 Å². The van der Waals surface area contributed by atoms with Crippen molar-refractivity contribution in [2.24, 2.45) is 0 Å². The minimum atomic E-state index is -4.10. The van der Waals surface area contributed by atoms with Crippen LogP contribution in [-0.4, -0.2) is 28.2 Å². The van der Waals surface area contributed by atoms with E-state index in [0.29, 0.717) is 15.4 Å². The van der Waals surface area contributed by atoms with Crippen LogP contribution in [0.4, 0.5) is 10.1 Å². The highest BCUT2D eigenvalue weighted by Gasteiger charge is 2.30. The molecule has 0 amide bonds. The highest BCUT2D eigenvalue weighted by Crippen LogP contribution is 2.29. The molecule has 0 aliphatic carbocycles. The van der Waals surface area contributed by atoms with Gasteiger partial charge in [0.2, 0.25) is 5.88 Å². The Bertz CT molecular complexity index is 1180. The third-order valence-electron chi connectivity index (χ3n) is 3.84. The molecule has 1 aliphatic heterocycles. The second kappa shape index (κ2) is 6.99. The van der Waals surface area contributed by atoms with Gasteiger partial charge in [-0.25, -0.2) is 13.4 Å². The van der Waals surface area contributed by atoms with Crippen molar-refractivity contribution in [3.05, 3.63) is 71.0 Å². The number of nitrogens with one attached hydrogen (secondary N) is 1. The Balaban J connectivity index is 1.92. The Kier molecular flexibility index (Phi) is 4.98. The molecular weight excluding hydrogens is 411 g/mol. The number of aliphatic hydroxyl groups excluding tert-OH is 1. The van der Waals surface area contributed by atoms with Crippen molar-refractivity contribution in [2.45, 2.75) is 13.3 Å². The third-order valence-corrected chi connectivity index (χ3v) is 5.61. The molecule has 0 radical (unpaired) electrons. The largest absolute Gasteiger partial charge is 0.493 e. The number of anilines is 1. The second-order valence-electron chi connectivity index (χ2n) is 6.28. The van der Waals surface area contributed by atoms with Gasteiger partial charge in [0.25, 0.3) is 0 Å². The zero-order chi connectivity index (χ0) is 20.7. The van der Waals surface area contributed by atoms with Gasteiger partial charge < -0.3 is 9.29 Å². The van der Waals surface area contributed by atoms with E-state index in [2.05, 4.69) is 0 Å². The molecule has 8 nitrogen and oxygen atoms in total. The molecule has 0 spiro atoms. The molecule has 150 valence electrons. The van der Waals surface area contributed by atoms with Crippen molar-refractivity contribution in [3.63, 3.8) is 0 Å². The summed E-state index contributed by atoms with van der Waals surface area (Å²) in [5.41, 5.74) is 1.52. The maximum absolute atomic E-state index is 14.5. The average molecular weight is 428 g/mol. The lowest BCUT2D eigenvalue weighted by molar-refractivity contribution is 0.392. The molecule has 1 aliphatic rings. The van der Waals surface area contributed by atoms with Gasteiger partial charge in [0, 0.05) is 12.0 Å². The van der Waals surface area contributed by atoms with E-state index in [1.54, 1.807) is 25.1 Å². The summed E-state index contributed by atoms with van der Waals surface area (Å²) >= 11 is 0. The van der Waals surface area contributed by atoms with Gasteiger partial charge in [-0.15, -0.1) is 0 Å². The van der Waals surface area contributed by atoms with Crippen molar-refractivity contribution in [3.8, 4) is 5.75 Å². The van der Waals surface area contributed by atoms with Crippen molar-refractivity contribution in [2.75, 3.05) is 10.6 Å². The Morgan fingerprint density at radius 1 is 1.21 bits per heavy atom. The van der Waals surface area contributed by atoms with Gasteiger partial charge in [-0.1, -0.05) is 18.2 Å². The standard InChI is InChI=1S/C17H17FN2O6S2/c1-11-3-5-13(16(7-11)26-27(2,22)23)8-12-4-6-15(14(18)9-12)20-10-17(21)19-28(20,24)25/h3-7,9-10,19,21H,8H2,1-2H3. The van der Waals surface area contributed by atoms with Gasteiger partial charge in [0.15, 0.2) is 0 Å². The van der Waals surface area contributed by atoms with Crippen LogP contribution in [0.5, 0.6) is 5.75 Å². The number of nitrogens with zero attached hydrogens (tertiary/aromatic N) is 1. The molecule has 0 bridgehead atoms. The first-order valence-electron chi connectivity index (χ1n) is 7.95. The molecule has 28 heavy (non-hydrogen) atoms. The molecule has 3 rings (SSSR count). The van der Waals surface area contributed by atoms with Crippen LogP contribution in [0.2, 0.25) is 0 Å². The molecule has 11 heteroatoms. The molecule has 2 aromatic rings. The van der Waals surface area contributed by atoms with E-state index in [1.165, 1.54) is 12.1 Å². The first-order chi connectivity index (χ1) is 12.9.